The summed E-state index contributed by atoms with van der Waals surface area (Å²) in [4.78, 5) is 5.47. The number of hydrogen-bond donors (Lipinski definition) is 2. The number of nitrogens with one attached hydrogen (secondary N) is 1. The van der Waals surface area contributed by atoms with Crippen molar-refractivity contribution in [2.75, 3.05) is 0 Å². The lowest BCUT2D eigenvalue weighted by Gasteiger charge is -2.30. The first-order valence-electron chi connectivity index (χ1n) is 9.12. The zero-order valence-corrected chi connectivity index (χ0v) is 16.5. The molecule has 0 bridgehead atoms. The molecule has 7 heteroatoms. The average Bonchev–Trinajstić information content (AvgIpc) is 3.06. The maximum absolute atomic E-state index is 12.7. The Balaban J connectivity index is 2.16. The Morgan fingerprint density at radius 2 is 2.11 bits per heavy atom. The number of nitrogens with two attached hydrogens (primary N) is 1. The van der Waals surface area contributed by atoms with Crippen LogP contribution >= 0.6 is 11.3 Å². The van der Waals surface area contributed by atoms with E-state index in [1.807, 2.05) is 11.5 Å². The molecule has 1 aromatic heterocycles. The number of rotatable bonds is 8. The number of thiophene rings is 1. The number of aliphatic imine (C=N–C) groups is 1. The molecule has 2 heterocycles. The molecule has 0 aromatic carbocycles. The fraction of sp³-hybridized carbons (Fsp3) is 0.500. The van der Waals surface area contributed by atoms with Gasteiger partial charge in [0.05, 0.1) is 0 Å². The minimum Gasteiger partial charge on any atom is -0.400 e. The van der Waals surface area contributed by atoms with E-state index >= 15 is 0 Å². The summed E-state index contributed by atoms with van der Waals surface area (Å²) in [5.74, 6) is 0. The number of halogens is 3. The predicted octanol–water partition coefficient (Wildman–Crippen LogP) is 5.91. The molecule has 3 N–H and O–H groups in total. The number of allylic oxidation sites excluding steroid dienone is 2. The van der Waals surface area contributed by atoms with E-state index in [0.717, 1.165) is 23.3 Å². The minimum absolute atomic E-state index is 0.0484. The zero-order valence-electron chi connectivity index (χ0n) is 15.7. The van der Waals surface area contributed by atoms with Crippen molar-refractivity contribution in [3.8, 4) is 0 Å². The number of alkyl halides is 3. The fourth-order valence-corrected chi connectivity index (χ4v) is 4.03. The van der Waals surface area contributed by atoms with Gasteiger partial charge in [0.25, 0.3) is 0 Å². The molecule has 1 aliphatic rings. The zero-order chi connectivity index (χ0) is 20.1. The van der Waals surface area contributed by atoms with Crippen LogP contribution in [0.1, 0.15) is 56.4 Å². The molecule has 2 rings (SSSR count). The third-order valence-corrected chi connectivity index (χ3v) is 5.77. The van der Waals surface area contributed by atoms with Gasteiger partial charge in [0.2, 0.25) is 0 Å². The molecule has 1 atom stereocenters. The van der Waals surface area contributed by atoms with Gasteiger partial charge < -0.3 is 5.73 Å². The Kier molecular flexibility index (Phi) is 7.03. The molecule has 1 unspecified atom stereocenters. The third-order valence-electron chi connectivity index (χ3n) is 4.74. The fourth-order valence-electron chi connectivity index (χ4n) is 3.05. The molecule has 27 heavy (non-hydrogen) atoms. The van der Waals surface area contributed by atoms with Gasteiger partial charge >= 0.3 is 6.18 Å². The van der Waals surface area contributed by atoms with Crippen LogP contribution in [-0.4, -0.2) is 23.6 Å². The maximum Gasteiger partial charge on any atom is 0.432 e. The molecule has 0 saturated heterocycles. The highest BCUT2D eigenvalue weighted by Crippen LogP contribution is 2.38. The SMILES string of the molecule is CCCCCCc1ccsc1C1=CC=NC(C)(/C(N)=C/C(=N)C(F)(F)F)C1. The van der Waals surface area contributed by atoms with Crippen LogP contribution in [0.2, 0.25) is 0 Å². The Labute approximate surface area is 162 Å². The molecule has 0 aliphatic carbocycles. The summed E-state index contributed by atoms with van der Waals surface area (Å²) < 4.78 is 38.0. The second kappa shape index (κ2) is 8.87. The van der Waals surface area contributed by atoms with Crippen LogP contribution in [0.25, 0.3) is 5.57 Å². The monoisotopic (exact) mass is 397 g/mol. The van der Waals surface area contributed by atoms with E-state index in [1.54, 1.807) is 24.5 Å². The average molecular weight is 398 g/mol. The van der Waals surface area contributed by atoms with Gasteiger partial charge in [-0.05, 0) is 54.5 Å². The predicted molar refractivity (Wildman–Crippen MR) is 108 cm³/mol. The molecular formula is C20H26F3N3S. The van der Waals surface area contributed by atoms with E-state index < -0.39 is 17.4 Å². The summed E-state index contributed by atoms with van der Waals surface area (Å²) in [6, 6.07) is 2.12. The van der Waals surface area contributed by atoms with E-state index in [0.29, 0.717) is 12.5 Å². The van der Waals surface area contributed by atoms with Gasteiger partial charge in [-0.25, -0.2) is 0 Å². The molecule has 0 saturated carbocycles. The smallest absolute Gasteiger partial charge is 0.400 e. The normalized spacial score (nSPS) is 20.6. The molecular weight excluding hydrogens is 371 g/mol. The lowest BCUT2D eigenvalue weighted by atomic mass is 9.86. The molecule has 0 fully saturated rings. The Bertz CT molecular complexity index is 759. The second-order valence-corrected chi connectivity index (χ2v) is 7.93. The molecule has 1 aliphatic heterocycles. The van der Waals surface area contributed by atoms with Gasteiger partial charge in [0.1, 0.15) is 11.3 Å². The molecule has 1 aromatic rings. The van der Waals surface area contributed by atoms with Crippen LogP contribution < -0.4 is 5.73 Å². The molecule has 0 radical (unpaired) electrons. The summed E-state index contributed by atoms with van der Waals surface area (Å²) in [7, 11) is 0. The molecule has 3 nitrogen and oxygen atoms in total. The van der Waals surface area contributed by atoms with E-state index in [2.05, 4.69) is 18.0 Å². The number of nitrogens with zero attached hydrogens (tertiary/aromatic N) is 1. The number of aryl methyl sites for hydroxylation is 1. The van der Waals surface area contributed by atoms with E-state index in [-0.39, 0.29) is 5.70 Å². The number of hydrogen-bond acceptors (Lipinski definition) is 4. The Hall–Kier alpha value is -1.89. The highest BCUT2D eigenvalue weighted by atomic mass is 32.1. The molecule has 0 amide bonds. The van der Waals surface area contributed by atoms with Crippen molar-refractivity contribution in [1.29, 1.82) is 5.41 Å². The summed E-state index contributed by atoms with van der Waals surface area (Å²) in [6.07, 6.45) is 5.63. The summed E-state index contributed by atoms with van der Waals surface area (Å²) in [5, 5.41) is 9.21. The number of unbranched alkanes of at least 4 members (excludes halogenated alkanes) is 3. The van der Waals surface area contributed by atoms with Crippen molar-refractivity contribution < 1.29 is 13.2 Å². The van der Waals surface area contributed by atoms with Crippen molar-refractivity contribution in [3.63, 3.8) is 0 Å². The van der Waals surface area contributed by atoms with Gasteiger partial charge in [-0.1, -0.05) is 26.2 Å². The van der Waals surface area contributed by atoms with Crippen molar-refractivity contribution in [2.45, 2.75) is 64.1 Å². The molecule has 148 valence electrons. The first-order valence-corrected chi connectivity index (χ1v) is 10.00. The Morgan fingerprint density at radius 3 is 2.78 bits per heavy atom. The lowest BCUT2D eigenvalue weighted by molar-refractivity contribution is -0.0584. The summed E-state index contributed by atoms with van der Waals surface area (Å²) in [5.41, 5.74) is 5.74. The second-order valence-electron chi connectivity index (χ2n) is 7.02. The highest BCUT2D eigenvalue weighted by molar-refractivity contribution is 7.11. The third kappa shape index (κ3) is 5.54. The largest absolute Gasteiger partial charge is 0.432 e. The number of dihydropyridines is 1. The van der Waals surface area contributed by atoms with Crippen molar-refractivity contribution >= 4 is 28.8 Å². The van der Waals surface area contributed by atoms with Gasteiger partial charge in [-0.3, -0.25) is 10.4 Å². The van der Waals surface area contributed by atoms with Gasteiger partial charge in [-0.15, -0.1) is 11.3 Å². The van der Waals surface area contributed by atoms with E-state index in [4.69, 9.17) is 11.1 Å². The standard InChI is InChI=1S/C20H26F3N3S/c1-3-4-5-6-7-14-9-11-27-18(14)15-8-10-26-19(2,13-15)16(24)12-17(25)20(21,22)23/h8-12,25H,3-7,13,24H2,1-2H3/b16-12-,25-17?. The molecule has 0 spiro atoms. The first kappa shape index (κ1) is 21.4. The van der Waals surface area contributed by atoms with Crippen molar-refractivity contribution in [2.24, 2.45) is 10.7 Å². The lowest BCUT2D eigenvalue weighted by Crippen LogP contribution is -2.34. The van der Waals surface area contributed by atoms with Gasteiger partial charge in [0.15, 0.2) is 0 Å². The van der Waals surface area contributed by atoms with Crippen molar-refractivity contribution in [1.82, 2.24) is 0 Å². The van der Waals surface area contributed by atoms with Crippen molar-refractivity contribution in [3.05, 3.63) is 39.7 Å². The van der Waals surface area contributed by atoms with Crippen LogP contribution in [-0.2, 0) is 6.42 Å². The van der Waals surface area contributed by atoms with Crippen LogP contribution in [0, 0.1) is 5.41 Å². The van der Waals surface area contributed by atoms with Crippen LogP contribution in [0.5, 0.6) is 0 Å². The highest BCUT2D eigenvalue weighted by Gasteiger charge is 2.36. The summed E-state index contributed by atoms with van der Waals surface area (Å²) in [6.45, 7) is 3.89. The van der Waals surface area contributed by atoms with Gasteiger partial charge in [-0.2, -0.15) is 13.2 Å². The van der Waals surface area contributed by atoms with E-state index in [1.165, 1.54) is 24.8 Å². The van der Waals surface area contributed by atoms with Crippen LogP contribution in [0.4, 0.5) is 13.2 Å². The first-order chi connectivity index (χ1) is 12.7. The van der Waals surface area contributed by atoms with Gasteiger partial charge in [0, 0.05) is 23.2 Å². The van der Waals surface area contributed by atoms with Crippen LogP contribution in [0.15, 0.2) is 34.3 Å². The topological polar surface area (TPSA) is 62.2 Å². The Morgan fingerprint density at radius 1 is 1.37 bits per heavy atom. The summed E-state index contributed by atoms with van der Waals surface area (Å²) >= 11 is 1.64. The maximum atomic E-state index is 12.7. The minimum atomic E-state index is -4.71. The van der Waals surface area contributed by atoms with E-state index in [9.17, 15) is 13.2 Å². The van der Waals surface area contributed by atoms with Crippen LogP contribution in [0.3, 0.4) is 0 Å². The quantitative estimate of drug-likeness (QED) is 0.415.